The van der Waals surface area contributed by atoms with Crippen molar-refractivity contribution in [3.63, 3.8) is 0 Å². The molecule has 39 heavy (non-hydrogen) atoms. The Bertz CT molecular complexity index is 1410. The van der Waals surface area contributed by atoms with E-state index in [0.29, 0.717) is 16.7 Å². The number of carbonyl (C=O) groups excluding carboxylic acids is 1. The van der Waals surface area contributed by atoms with E-state index in [1.807, 2.05) is 6.26 Å². The Balaban J connectivity index is 1.71. The molecule has 19 nitrogen and oxygen atoms in total. The van der Waals surface area contributed by atoms with Gasteiger partial charge in [-0.3, -0.25) is 18.7 Å². The number of ether oxygens (including phenoxy) is 1. The maximum atomic E-state index is 12.9. The summed E-state index contributed by atoms with van der Waals surface area (Å²) in [5, 5.41) is 10.3. The van der Waals surface area contributed by atoms with Crippen LogP contribution in [-0.4, -0.2) is 75.6 Å². The van der Waals surface area contributed by atoms with Gasteiger partial charge in [0.05, 0.1) is 19.0 Å². The maximum Gasteiger partial charge on any atom is 0.487 e. The molecule has 220 valence electrons. The number of carbonyl (C=O) groups is 1. The fraction of sp³-hybridized carbons (Fsp3) is 0.600. The number of phosphoric acid groups is 3. The molecular formula is C15H23N5O14P3S2-. The normalized spacial score (nSPS) is 23.1. The second-order valence-corrected chi connectivity index (χ2v) is 14.8. The number of nitrogens with zero attached hydrogens (tertiary/aromatic N) is 4. The number of aromatic nitrogens is 4. The minimum Gasteiger partial charge on any atom is -0.756 e. The van der Waals surface area contributed by atoms with Gasteiger partial charge in [0.1, 0.15) is 12.3 Å². The first-order valence-electron chi connectivity index (χ1n) is 10.6. The van der Waals surface area contributed by atoms with Crippen LogP contribution in [0.1, 0.15) is 30.3 Å². The average molecular weight is 654 g/mol. The number of rotatable bonds is 13. The summed E-state index contributed by atoms with van der Waals surface area (Å²) in [5.41, 5.74) is 4.77. The van der Waals surface area contributed by atoms with Crippen molar-refractivity contribution >= 4 is 68.1 Å². The van der Waals surface area contributed by atoms with Gasteiger partial charge in [0.2, 0.25) is 11.9 Å². The zero-order chi connectivity index (χ0) is 29.2. The Labute approximate surface area is 226 Å². The van der Waals surface area contributed by atoms with E-state index in [-0.39, 0.29) is 24.0 Å². The lowest BCUT2D eigenvalue weighted by atomic mass is 10.2. The molecule has 3 rings (SSSR count). The molecule has 5 atom stereocenters. The highest BCUT2D eigenvalue weighted by atomic mass is 33.1. The Morgan fingerprint density at radius 3 is 2.64 bits per heavy atom. The molecule has 0 spiro atoms. The molecule has 2 aromatic rings. The molecule has 1 saturated heterocycles. The lowest BCUT2D eigenvalue weighted by Gasteiger charge is -2.26. The third-order valence-corrected chi connectivity index (χ3v) is 10.6. The van der Waals surface area contributed by atoms with Crippen LogP contribution in [0.15, 0.2) is 11.1 Å². The molecule has 0 bridgehead atoms. The second kappa shape index (κ2) is 12.8. The zero-order valence-corrected chi connectivity index (χ0v) is 24.1. The highest BCUT2D eigenvalue weighted by molar-refractivity contribution is 8.76. The molecule has 0 aliphatic carbocycles. The van der Waals surface area contributed by atoms with Crippen LogP contribution in [0.2, 0.25) is 0 Å². The van der Waals surface area contributed by atoms with E-state index in [1.54, 1.807) is 21.6 Å². The van der Waals surface area contributed by atoms with Crippen LogP contribution in [0.5, 0.6) is 0 Å². The average Bonchev–Trinajstić information content (AvgIpc) is 3.36. The van der Waals surface area contributed by atoms with Crippen LogP contribution in [0.4, 0.5) is 5.95 Å². The molecule has 24 heteroatoms. The van der Waals surface area contributed by atoms with E-state index < -0.39 is 65.9 Å². The van der Waals surface area contributed by atoms with E-state index in [0.717, 1.165) is 6.33 Å². The van der Waals surface area contributed by atoms with E-state index in [2.05, 4.69) is 23.1 Å². The summed E-state index contributed by atoms with van der Waals surface area (Å²) in [4.78, 5) is 71.5. The number of imidazole rings is 1. The second-order valence-electron chi connectivity index (χ2n) is 7.72. The monoisotopic (exact) mass is 654 g/mol. The smallest absolute Gasteiger partial charge is 0.487 e. The van der Waals surface area contributed by atoms with Crippen LogP contribution in [0.3, 0.4) is 0 Å². The van der Waals surface area contributed by atoms with E-state index in [9.17, 15) is 33.3 Å². The van der Waals surface area contributed by atoms with Crippen molar-refractivity contribution in [1.29, 1.82) is 0 Å². The third-order valence-electron chi connectivity index (χ3n) is 4.93. The van der Waals surface area contributed by atoms with Crippen molar-refractivity contribution in [2.75, 3.05) is 24.3 Å². The first-order valence-corrected chi connectivity index (χ1v) is 17.8. The summed E-state index contributed by atoms with van der Waals surface area (Å²) in [6.45, 7) is -0.952. The van der Waals surface area contributed by atoms with Gasteiger partial charge in [-0.25, -0.2) is 23.0 Å². The Kier molecular flexibility index (Phi) is 10.6. The lowest BCUT2D eigenvalue weighted by Crippen LogP contribution is -2.30. The number of aliphatic hydroxyl groups excluding tert-OH is 1. The molecule has 2 aromatic heterocycles. The predicted octanol–water partition coefficient (Wildman–Crippen LogP) is -0.0335. The number of phosphoric ester groups is 1. The van der Waals surface area contributed by atoms with Crippen molar-refractivity contribution in [2.45, 2.75) is 37.7 Å². The molecule has 6 N–H and O–H groups in total. The highest BCUT2D eigenvalue weighted by Gasteiger charge is 2.40. The Morgan fingerprint density at radius 1 is 1.31 bits per heavy atom. The van der Waals surface area contributed by atoms with Gasteiger partial charge in [0, 0.05) is 18.6 Å². The molecular weight excluding hydrogens is 631 g/mol. The fourth-order valence-corrected chi connectivity index (χ4v) is 7.69. The van der Waals surface area contributed by atoms with Crippen LogP contribution in [0.25, 0.3) is 11.2 Å². The van der Waals surface area contributed by atoms with Gasteiger partial charge in [0.25, 0.3) is 13.4 Å². The van der Waals surface area contributed by atoms with E-state index in [4.69, 9.17) is 25.2 Å². The summed E-state index contributed by atoms with van der Waals surface area (Å²) in [7, 11) is -14.0. The van der Waals surface area contributed by atoms with Gasteiger partial charge in [0.15, 0.2) is 11.2 Å². The SMILES string of the molecule is CSSCCCC(=O)n1c(N)nc2c(ncn2[C@H]2C[C@@H](O)[C@@H](COP(=O)([O-])OP(=O)(O)OP(=O)(O)O)O2)c1=O. The lowest BCUT2D eigenvalue weighted by molar-refractivity contribution is -0.221. The van der Waals surface area contributed by atoms with Crippen LogP contribution in [0, 0.1) is 0 Å². The minimum absolute atomic E-state index is 0.0512. The number of nitrogen functional groups attached to an aromatic ring is 1. The van der Waals surface area contributed by atoms with E-state index >= 15 is 0 Å². The Hall–Kier alpha value is -1.15. The quantitative estimate of drug-likeness (QED) is 0.108. The van der Waals surface area contributed by atoms with Gasteiger partial charge in [-0.05, 0) is 12.7 Å². The summed E-state index contributed by atoms with van der Waals surface area (Å²) < 4.78 is 52.9. The molecule has 1 fully saturated rings. The molecule has 1 aliphatic heterocycles. The van der Waals surface area contributed by atoms with Crippen LogP contribution >= 0.6 is 45.1 Å². The number of anilines is 1. The van der Waals surface area contributed by atoms with Gasteiger partial charge < -0.3 is 39.7 Å². The largest absolute Gasteiger partial charge is 0.756 e. The predicted molar refractivity (Wildman–Crippen MR) is 134 cm³/mol. The van der Waals surface area contributed by atoms with Gasteiger partial charge in [-0.2, -0.15) is 9.29 Å². The van der Waals surface area contributed by atoms with Gasteiger partial charge in [-0.1, -0.05) is 21.6 Å². The topological polar surface area (TPSA) is 288 Å². The first kappa shape index (κ1) is 32.4. The third kappa shape index (κ3) is 8.67. The molecule has 3 heterocycles. The number of aliphatic hydroxyl groups is 1. The zero-order valence-electron chi connectivity index (χ0n) is 19.7. The maximum absolute atomic E-state index is 12.9. The van der Waals surface area contributed by atoms with Crippen molar-refractivity contribution in [2.24, 2.45) is 0 Å². The van der Waals surface area contributed by atoms with Crippen molar-refractivity contribution < 1.29 is 61.1 Å². The highest BCUT2D eigenvalue weighted by Crippen LogP contribution is 2.65. The summed E-state index contributed by atoms with van der Waals surface area (Å²) in [6.07, 6.45) is -0.369. The van der Waals surface area contributed by atoms with Gasteiger partial charge in [-0.15, -0.1) is 0 Å². The van der Waals surface area contributed by atoms with Crippen molar-refractivity contribution in [3.05, 3.63) is 16.7 Å². The number of hydrogen-bond acceptors (Lipinski definition) is 16. The molecule has 1 aliphatic rings. The molecule has 0 aromatic carbocycles. The van der Waals surface area contributed by atoms with Crippen molar-refractivity contribution in [1.82, 2.24) is 19.1 Å². The van der Waals surface area contributed by atoms with Crippen LogP contribution in [-0.2, 0) is 31.6 Å². The number of nitrogens with two attached hydrogens (primary N) is 1. The van der Waals surface area contributed by atoms with Crippen molar-refractivity contribution in [3.8, 4) is 0 Å². The minimum atomic E-state index is -5.78. The first-order chi connectivity index (χ1) is 18.0. The Morgan fingerprint density at radius 2 is 2.00 bits per heavy atom. The van der Waals surface area contributed by atoms with Crippen LogP contribution < -0.4 is 16.2 Å². The van der Waals surface area contributed by atoms with E-state index in [1.165, 1.54) is 4.57 Å². The molecule has 0 radical (unpaired) electrons. The molecule has 0 saturated carbocycles. The molecule has 2 unspecified atom stereocenters. The molecule has 0 amide bonds. The summed E-state index contributed by atoms with van der Waals surface area (Å²) in [6, 6.07) is 0. The fourth-order valence-electron chi connectivity index (χ4n) is 3.41. The van der Waals surface area contributed by atoms with Gasteiger partial charge >= 0.3 is 15.6 Å². The summed E-state index contributed by atoms with van der Waals surface area (Å²) >= 11 is 0. The standard InChI is InChI=1S/C15H24N5O14P3S2/c1-38-39-4-2-3-10(22)20-14(23)12-13(18-15(20)16)19(7-17-12)11-5-8(21)9(32-11)6-31-36(27,28)34-37(29,30)33-35(24,25)26/h7-9,11,21H,2-6H2,1H3,(H2,16,18)(H,27,28)(H,29,30)(H2,24,25,26)/p-1/t8-,9-,11-/m1/s1. The number of hydrogen-bond donors (Lipinski definition) is 5. The summed E-state index contributed by atoms with van der Waals surface area (Å²) in [5.74, 6) is -0.270. The number of fused-ring (bicyclic) bond motifs is 1.